The van der Waals surface area contributed by atoms with Gasteiger partial charge in [0.05, 0.1) is 12.1 Å². The van der Waals surface area contributed by atoms with Gasteiger partial charge in [0.25, 0.3) is 0 Å². The first-order valence-corrected chi connectivity index (χ1v) is 11.7. The minimum Gasteiger partial charge on any atom is -0.368 e. The summed E-state index contributed by atoms with van der Waals surface area (Å²) in [5.41, 5.74) is 10.3. The highest BCUT2D eigenvalue weighted by Crippen LogP contribution is 2.38. The van der Waals surface area contributed by atoms with E-state index in [0.717, 1.165) is 18.4 Å². The maximum Gasteiger partial charge on any atom is 0.108 e. The van der Waals surface area contributed by atoms with Gasteiger partial charge in [-0.3, -0.25) is 4.99 Å². The zero-order valence-electron chi connectivity index (χ0n) is 19.7. The molecule has 3 aromatic carbocycles. The highest BCUT2D eigenvalue weighted by molar-refractivity contribution is 5.75. The Labute approximate surface area is 198 Å². The first-order chi connectivity index (χ1) is 16.0. The molecule has 170 valence electrons. The quantitative estimate of drug-likeness (QED) is 0.404. The minimum absolute atomic E-state index is 0.104. The van der Waals surface area contributed by atoms with Crippen molar-refractivity contribution < 1.29 is 4.74 Å². The number of nitrogens with two attached hydrogens (primary N) is 1. The fourth-order valence-corrected chi connectivity index (χ4v) is 4.85. The van der Waals surface area contributed by atoms with Crippen molar-refractivity contribution in [3.63, 3.8) is 0 Å². The van der Waals surface area contributed by atoms with Crippen LogP contribution in [-0.2, 0) is 17.7 Å². The van der Waals surface area contributed by atoms with Crippen molar-refractivity contribution in [2.45, 2.75) is 44.9 Å². The van der Waals surface area contributed by atoms with Crippen molar-refractivity contribution in [2.24, 2.45) is 16.1 Å². The number of hydrogen-bond donors (Lipinski definition) is 1. The average molecular weight is 439 g/mol. The molecule has 0 aromatic heterocycles. The molecule has 0 saturated heterocycles. The summed E-state index contributed by atoms with van der Waals surface area (Å²) in [5.74, 6) is 0. The molecule has 0 spiro atoms. The molecule has 4 rings (SSSR count). The lowest BCUT2D eigenvalue weighted by Gasteiger charge is -2.36. The Bertz CT molecular complexity index is 1020. The molecule has 33 heavy (non-hydrogen) atoms. The lowest BCUT2D eigenvalue weighted by atomic mass is 9.74. The van der Waals surface area contributed by atoms with E-state index in [4.69, 9.17) is 15.5 Å². The van der Waals surface area contributed by atoms with E-state index < -0.39 is 0 Å². The second-order valence-corrected chi connectivity index (χ2v) is 9.69. The van der Waals surface area contributed by atoms with Crippen molar-refractivity contribution in [3.05, 3.63) is 119 Å². The van der Waals surface area contributed by atoms with Crippen LogP contribution in [0, 0.1) is 5.41 Å². The van der Waals surface area contributed by atoms with Crippen LogP contribution in [0.1, 0.15) is 48.6 Å². The largest absolute Gasteiger partial charge is 0.368 e. The van der Waals surface area contributed by atoms with Crippen molar-refractivity contribution in [2.75, 3.05) is 6.61 Å². The predicted molar refractivity (Wildman–Crippen MR) is 137 cm³/mol. The van der Waals surface area contributed by atoms with E-state index in [1.807, 2.05) is 24.4 Å². The van der Waals surface area contributed by atoms with Crippen LogP contribution in [0.2, 0.25) is 0 Å². The van der Waals surface area contributed by atoms with Crippen LogP contribution in [0.4, 0.5) is 0 Å². The summed E-state index contributed by atoms with van der Waals surface area (Å²) < 4.78 is 6.76. The number of rotatable bonds is 10. The summed E-state index contributed by atoms with van der Waals surface area (Å²) >= 11 is 0. The first kappa shape index (κ1) is 23.2. The maximum absolute atomic E-state index is 6.76. The number of nitrogens with zero attached hydrogens (tertiary/aromatic N) is 1. The lowest BCUT2D eigenvalue weighted by Crippen LogP contribution is -2.35. The first-order valence-electron chi connectivity index (χ1n) is 11.7. The molecule has 3 aromatic rings. The third-order valence-corrected chi connectivity index (χ3v) is 6.39. The Kier molecular flexibility index (Phi) is 7.22. The van der Waals surface area contributed by atoms with Gasteiger partial charge in [-0.05, 0) is 53.5 Å². The van der Waals surface area contributed by atoms with Crippen LogP contribution in [0.5, 0.6) is 0 Å². The molecular formula is C30H34N2O. The monoisotopic (exact) mass is 438 g/mol. The van der Waals surface area contributed by atoms with Gasteiger partial charge < -0.3 is 10.5 Å². The summed E-state index contributed by atoms with van der Waals surface area (Å²) in [7, 11) is 0. The van der Waals surface area contributed by atoms with Crippen LogP contribution in [0.3, 0.4) is 0 Å². The van der Waals surface area contributed by atoms with Gasteiger partial charge in [0.1, 0.15) is 6.10 Å². The Morgan fingerprint density at radius 1 is 0.879 bits per heavy atom. The Hall–Kier alpha value is -3.01. The zero-order chi connectivity index (χ0) is 23.2. The van der Waals surface area contributed by atoms with Crippen LogP contribution in [0.15, 0.2) is 102 Å². The standard InChI is InChI=1S/C30H34N2O/c1-29(22-30(2)18-9-19-32-30,20-24-14-16-25(21-31)17-15-24)23-33-28(26-10-5-3-6-11-26)27-12-7-4-8-13-27/h3-19,28H,20-23,31H2,1-2H3. The topological polar surface area (TPSA) is 47.6 Å². The SMILES string of the molecule is CC(COC(c1ccccc1)c1ccccc1)(Cc1ccc(CN)cc1)CC1(C)C=CC=N1. The number of hydrogen-bond acceptors (Lipinski definition) is 3. The van der Waals surface area contributed by atoms with E-state index >= 15 is 0 Å². The molecule has 0 fully saturated rings. The molecule has 0 saturated carbocycles. The van der Waals surface area contributed by atoms with Crippen molar-refractivity contribution in [3.8, 4) is 0 Å². The third kappa shape index (κ3) is 6.07. The van der Waals surface area contributed by atoms with Gasteiger partial charge in [0.15, 0.2) is 0 Å². The summed E-state index contributed by atoms with van der Waals surface area (Å²) in [6.07, 6.45) is 7.87. The highest BCUT2D eigenvalue weighted by Gasteiger charge is 2.36. The molecule has 1 aliphatic rings. The fourth-order valence-electron chi connectivity index (χ4n) is 4.85. The van der Waals surface area contributed by atoms with Gasteiger partial charge in [0.2, 0.25) is 0 Å². The van der Waals surface area contributed by atoms with Crippen molar-refractivity contribution in [1.82, 2.24) is 0 Å². The van der Waals surface area contributed by atoms with Crippen LogP contribution in [0.25, 0.3) is 0 Å². The number of benzene rings is 3. The summed E-state index contributed by atoms with van der Waals surface area (Å²) in [5, 5.41) is 0. The van der Waals surface area contributed by atoms with E-state index in [1.54, 1.807) is 0 Å². The van der Waals surface area contributed by atoms with Crippen LogP contribution >= 0.6 is 0 Å². The van der Waals surface area contributed by atoms with Gasteiger partial charge in [-0.2, -0.15) is 0 Å². The molecule has 2 atom stereocenters. The smallest absolute Gasteiger partial charge is 0.108 e. The molecule has 3 nitrogen and oxygen atoms in total. The van der Waals surface area contributed by atoms with Crippen LogP contribution in [-0.4, -0.2) is 18.4 Å². The van der Waals surface area contributed by atoms with Crippen molar-refractivity contribution in [1.29, 1.82) is 0 Å². The van der Waals surface area contributed by atoms with Gasteiger partial charge >= 0.3 is 0 Å². The van der Waals surface area contributed by atoms with Crippen LogP contribution < -0.4 is 5.73 Å². The average Bonchev–Trinajstić information content (AvgIpc) is 3.26. The maximum atomic E-state index is 6.76. The molecule has 1 heterocycles. The summed E-state index contributed by atoms with van der Waals surface area (Å²) in [6.45, 7) is 5.71. The van der Waals surface area contributed by atoms with Gasteiger partial charge in [-0.25, -0.2) is 0 Å². The molecule has 2 N–H and O–H groups in total. The Morgan fingerprint density at radius 3 is 1.97 bits per heavy atom. The van der Waals surface area contributed by atoms with Gasteiger partial charge in [-0.1, -0.05) is 97.9 Å². The second-order valence-electron chi connectivity index (χ2n) is 9.69. The molecule has 2 unspecified atom stereocenters. The predicted octanol–water partition coefficient (Wildman–Crippen LogP) is 6.29. The normalized spacial score (nSPS) is 19.2. The second kappa shape index (κ2) is 10.3. The van der Waals surface area contributed by atoms with Crippen molar-refractivity contribution >= 4 is 6.21 Å². The minimum atomic E-state index is -0.204. The lowest BCUT2D eigenvalue weighted by molar-refractivity contribution is 0.00528. The number of ether oxygens (including phenoxy) is 1. The third-order valence-electron chi connectivity index (χ3n) is 6.39. The molecular weight excluding hydrogens is 404 g/mol. The van der Waals surface area contributed by atoms with E-state index in [9.17, 15) is 0 Å². The summed E-state index contributed by atoms with van der Waals surface area (Å²) in [6, 6.07) is 29.6. The van der Waals surface area contributed by atoms with E-state index in [2.05, 4.69) is 92.7 Å². The van der Waals surface area contributed by atoms with Gasteiger partial charge in [-0.15, -0.1) is 0 Å². The molecule has 0 aliphatic carbocycles. The Morgan fingerprint density at radius 2 is 1.45 bits per heavy atom. The van der Waals surface area contributed by atoms with E-state index in [0.29, 0.717) is 13.2 Å². The molecule has 3 heteroatoms. The zero-order valence-corrected chi connectivity index (χ0v) is 19.7. The van der Waals surface area contributed by atoms with E-state index in [1.165, 1.54) is 16.7 Å². The fraction of sp³-hybridized carbons (Fsp3) is 0.300. The molecule has 1 aliphatic heterocycles. The van der Waals surface area contributed by atoms with Gasteiger partial charge in [0, 0.05) is 12.8 Å². The summed E-state index contributed by atoms with van der Waals surface area (Å²) in [4.78, 5) is 4.76. The molecule has 0 bridgehead atoms. The highest BCUT2D eigenvalue weighted by atomic mass is 16.5. The Balaban J connectivity index is 1.60. The number of allylic oxidation sites excluding steroid dienone is 1. The molecule has 0 radical (unpaired) electrons. The van der Waals surface area contributed by atoms with E-state index in [-0.39, 0.29) is 17.1 Å². The number of aliphatic imine (C=N–C) groups is 1. The molecule has 0 amide bonds.